The van der Waals surface area contributed by atoms with E-state index in [0.29, 0.717) is 0 Å². The fraction of sp³-hybridized carbons (Fsp3) is 0.333. The van der Waals surface area contributed by atoms with Gasteiger partial charge < -0.3 is 4.57 Å². The number of hydrogen-bond acceptors (Lipinski definition) is 4. The van der Waals surface area contributed by atoms with Gasteiger partial charge in [0.05, 0.1) is 6.33 Å². The van der Waals surface area contributed by atoms with Gasteiger partial charge in [0.25, 0.3) is 0 Å². The van der Waals surface area contributed by atoms with E-state index >= 15 is 0 Å². The number of aromatic nitrogens is 3. The van der Waals surface area contributed by atoms with Crippen LogP contribution in [0.5, 0.6) is 0 Å². The van der Waals surface area contributed by atoms with Gasteiger partial charge in [0.15, 0.2) is 0 Å². The molecule has 0 aliphatic rings. The van der Waals surface area contributed by atoms with Crippen molar-refractivity contribution < 1.29 is 0 Å². The largest absolute Gasteiger partial charge is 0.337 e. The summed E-state index contributed by atoms with van der Waals surface area (Å²) < 4.78 is 2.14. The summed E-state index contributed by atoms with van der Waals surface area (Å²) in [6, 6.07) is 6.41. The van der Waals surface area contributed by atoms with Crippen molar-refractivity contribution in [1.82, 2.24) is 19.4 Å². The van der Waals surface area contributed by atoms with E-state index in [4.69, 9.17) is 0 Å². The summed E-state index contributed by atoms with van der Waals surface area (Å²) in [5.74, 6) is 0. The monoisotopic (exact) mass is 326 g/mol. The van der Waals surface area contributed by atoms with Crippen molar-refractivity contribution >= 4 is 11.3 Å². The molecule has 0 unspecified atom stereocenters. The summed E-state index contributed by atoms with van der Waals surface area (Å²) in [4.78, 5) is 12.2. The Labute approximate surface area is 141 Å². The van der Waals surface area contributed by atoms with Crippen molar-refractivity contribution in [3.8, 4) is 0 Å². The second-order valence-corrected chi connectivity index (χ2v) is 6.75. The number of thiophene rings is 1. The van der Waals surface area contributed by atoms with Gasteiger partial charge in [-0.15, -0.1) is 11.3 Å². The molecule has 3 heterocycles. The van der Waals surface area contributed by atoms with E-state index in [0.717, 1.165) is 32.6 Å². The van der Waals surface area contributed by atoms with Crippen LogP contribution in [-0.2, 0) is 19.6 Å². The summed E-state index contributed by atoms with van der Waals surface area (Å²) in [5.41, 5.74) is 2.71. The Balaban J connectivity index is 1.61. The molecular weight excluding hydrogens is 304 g/mol. The molecule has 0 fully saturated rings. The zero-order valence-electron chi connectivity index (χ0n) is 13.4. The minimum atomic E-state index is 0.962. The Hall–Kier alpha value is -1.98. The van der Waals surface area contributed by atoms with Crippen molar-refractivity contribution in [3.63, 3.8) is 0 Å². The van der Waals surface area contributed by atoms with E-state index in [9.17, 15) is 0 Å². The van der Waals surface area contributed by atoms with Gasteiger partial charge in [0.1, 0.15) is 0 Å². The molecule has 0 amide bonds. The first-order valence-corrected chi connectivity index (χ1v) is 8.79. The first-order chi connectivity index (χ1) is 11.3. The molecule has 0 saturated heterocycles. The van der Waals surface area contributed by atoms with E-state index in [1.807, 2.05) is 42.5 Å². The lowest BCUT2D eigenvalue weighted by atomic mass is 10.2. The third kappa shape index (κ3) is 4.74. The molecule has 120 valence electrons. The molecule has 3 aromatic rings. The lowest BCUT2D eigenvalue weighted by Gasteiger charge is -2.22. The van der Waals surface area contributed by atoms with E-state index in [2.05, 4.69) is 49.9 Å². The SMILES string of the molecule is Cc1ccsc1CN(CCCn1ccnc1)Cc1ccncc1. The van der Waals surface area contributed by atoms with Gasteiger partial charge in [-0.25, -0.2) is 4.98 Å². The summed E-state index contributed by atoms with van der Waals surface area (Å²) in [7, 11) is 0. The summed E-state index contributed by atoms with van der Waals surface area (Å²) >= 11 is 1.85. The molecule has 5 heteroatoms. The van der Waals surface area contributed by atoms with Crippen LogP contribution in [0.3, 0.4) is 0 Å². The van der Waals surface area contributed by atoms with Crippen LogP contribution in [0.4, 0.5) is 0 Å². The molecule has 0 aromatic carbocycles. The fourth-order valence-electron chi connectivity index (χ4n) is 2.63. The van der Waals surface area contributed by atoms with Crippen molar-refractivity contribution in [3.05, 3.63) is 70.7 Å². The first kappa shape index (κ1) is 15.9. The van der Waals surface area contributed by atoms with E-state index < -0.39 is 0 Å². The quantitative estimate of drug-likeness (QED) is 0.632. The molecule has 0 spiro atoms. The van der Waals surface area contributed by atoms with Gasteiger partial charge in [-0.3, -0.25) is 9.88 Å². The molecule has 0 bridgehead atoms. The van der Waals surface area contributed by atoms with Crippen molar-refractivity contribution in [2.24, 2.45) is 0 Å². The van der Waals surface area contributed by atoms with Crippen molar-refractivity contribution in [2.45, 2.75) is 33.0 Å². The number of nitrogens with zero attached hydrogens (tertiary/aromatic N) is 4. The number of imidazole rings is 1. The van der Waals surface area contributed by atoms with Crippen molar-refractivity contribution in [1.29, 1.82) is 0 Å². The van der Waals surface area contributed by atoms with Crippen molar-refractivity contribution in [2.75, 3.05) is 6.54 Å². The number of pyridine rings is 1. The average Bonchev–Trinajstić information content (AvgIpc) is 3.21. The minimum absolute atomic E-state index is 0.962. The van der Waals surface area contributed by atoms with Crippen LogP contribution in [0.2, 0.25) is 0 Å². The predicted molar refractivity (Wildman–Crippen MR) is 94.3 cm³/mol. The maximum Gasteiger partial charge on any atom is 0.0945 e. The zero-order chi connectivity index (χ0) is 15.9. The van der Waals surface area contributed by atoms with Crippen LogP contribution in [0.25, 0.3) is 0 Å². The summed E-state index contributed by atoms with van der Waals surface area (Å²) in [6.07, 6.45) is 10.6. The Morgan fingerprint density at radius 2 is 1.96 bits per heavy atom. The second kappa shape index (κ2) is 8.04. The molecular formula is C18H22N4S. The van der Waals surface area contributed by atoms with Crippen LogP contribution < -0.4 is 0 Å². The topological polar surface area (TPSA) is 34.0 Å². The van der Waals surface area contributed by atoms with Crippen LogP contribution >= 0.6 is 11.3 Å². The van der Waals surface area contributed by atoms with Gasteiger partial charge in [-0.1, -0.05) is 0 Å². The van der Waals surface area contributed by atoms with Gasteiger partial charge in [-0.2, -0.15) is 0 Å². The van der Waals surface area contributed by atoms with Crippen LogP contribution in [0.1, 0.15) is 22.4 Å². The first-order valence-electron chi connectivity index (χ1n) is 7.91. The molecule has 3 rings (SSSR count). The fourth-order valence-corrected chi connectivity index (χ4v) is 3.57. The predicted octanol–water partition coefficient (Wildman–Crippen LogP) is 3.74. The van der Waals surface area contributed by atoms with Gasteiger partial charge in [0, 0.05) is 55.8 Å². The highest BCUT2D eigenvalue weighted by Gasteiger charge is 2.10. The van der Waals surface area contributed by atoms with E-state index in [1.165, 1.54) is 16.0 Å². The molecule has 3 aromatic heterocycles. The molecule has 0 aliphatic carbocycles. The number of rotatable bonds is 8. The van der Waals surface area contributed by atoms with E-state index in [1.54, 1.807) is 0 Å². The maximum absolute atomic E-state index is 4.11. The molecule has 23 heavy (non-hydrogen) atoms. The molecule has 0 saturated carbocycles. The lowest BCUT2D eigenvalue weighted by Crippen LogP contribution is -2.24. The third-order valence-corrected chi connectivity index (χ3v) is 4.95. The van der Waals surface area contributed by atoms with Crippen LogP contribution in [0, 0.1) is 6.92 Å². The highest BCUT2D eigenvalue weighted by molar-refractivity contribution is 7.10. The molecule has 0 atom stereocenters. The average molecular weight is 326 g/mol. The van der Waals surface area contributed by atoms with Gasteiger partial charge in [0.2, 0.25) is 0 Å². The van der Waals surface area contributed by atoms with Crippen LogP contribution in [0.15, 0.2) is 54.7 Å². The third-order valence-electron chi connectivity index (χ3n) is 3.94. The Morgan fingerprint density at radius 1 is 1.09 bits per heavy atom. The smallest absolute Gasteiger partial charge is 0.0945 e. The standard InChI is InChI=1S/C18H22N4S/c1-16-5-12-23-18(16)14-22(13-17-3-6-19-7-4-17)10-2-9-21-11-8-20-15-21/h3-8,11-12,15H,2,9-10,13-14H2,1H3. The Kier molecular flexibility index (Phi) is 5.56. The molecule has 0 aliphatic heterocycles. The number of aryl methyl sites for hydroxylation is 2. The Morgan fingerprint density at radius 3 is 2.65 bits per heavy atom. The van der Waals surface area contributed by atoms with Gasteiger partial charge in [-0.05, 0) is 48.1 Å². The summed E-state index contributed by atoms with van der Waals surface area (Å²) in [5, 5.41) is 2.18. The number of hydrogen-bond donors (Lipinski definition) is 0. The van der Waals surface area contributed by atoms with E-state index in [-0.39, 0.29) is 0 Å². The van der Waals surface area contributed by atoms with Crippen LogP contribution in [-0.4, -0.2) is 26.0 Å². The van der Waals surface area contributed by atoms with Gasteiger partial charge >= 0.3 is 0 Å². The maximum atomic E-state index is 4.11. The minimum Gasteiger partial charge on any atom is -0.337 e. The molecule has 0 radical (unpaired) electrons. The normalized spacial score (nSPS) is 11.2. The lowest BCUT2D eigenvalue weighted by molar-refractivity contribution is 0.250. The molecule has 0 N–H and O–H groups in total. The highest BCUT2D eigenvalue weighted by atomic mass is 32.1. The summed E-state index contributed by atoms with van der Waals surface area (Å²) in [6.45, 7) is 6.25. The molecule has 4 nitrogen and oxygen atoms in total. The second-order valence-electron chi connectivity index (χ2n) is 5.75. The Bertz CT molecular complexity index is 691. The highest BCUT2D eigenvalue weighted by Crippen LogP contribution is 2.19. The zero-order valence-corrected chi connectivity index (χ0v) is 14.2.